The second kappa shape index (κ2) is 17.9. The van der Waals surface area contributed by atoms with Crippen LogP contribution in [0.15, 0.2) is 0 Å². The molecule has 2 saturated heterocycles. The highest BCUT2D eigenvalue weighted by atomic mass is 32.2. The van der Waals surface area contributed by atoms with E-state index in [9.17, 15) is 43.2 Å². The Morgan fingerprint density at radius 1 is 0.682 bits per heavy atom. The van der Waals surface area contributed by atoms with Crippen LogP contribution in [0.2, 0.25) is 0 Å². The minimum absolute atomic E-state index is 0.00376. The third kappa shape index (κ3) is 11.6. The highest BCUT2D eigenvalue weighted by Gasteiger charge is 2.39. The minimum Gasteiger partial charge on any atom is -0.354 e. The molecule has 2 heterocycles. The number of carbonyl (C=O) groups is 9. The van der Waals surface area contributed by atoms with Gasteiger partial charge in [0, 0.05) is 57.8 Å². The summed E-state index contributed by atoms with van der Waals surface area (Å²) in [5.74, 6) is -3.96. The average molecular weight is 640 g/mol. The average Bonchev–Trinajstić information content (AvgIpc) is 3.42. The van der Waals surface area contributed by atoms with E-state index in [-0.39, 0.29) is 118 Å². The summed E-state index contributed by atoms with van der Waals surface area (Å²) in [5.41, 5.74) is 0. The van der Waals surface area contributed by atoms with Crippen LogP contribution >= 0.6 is 11.8 Å². The molecule has 0 aromatic rings. The Balaban J connectivity index is 1.49. The molecule has 44 heavy (non-hydrogen) atoms. The third-order valence-electron chi connectivity index (χ3n) is 7.03. The van der Waals surface area contributed by atoms with Gasteiger partial charge in [-0.25, -0.2) is 0 Å². The Morgan fingerprint density at radius 3 is 1.73 bits per heavy atom. The van der Waals surface area contributed by atoms with E-state index in [1.165, 1.54) is 16.7 Å². The molecule has 244 valence electrons. The number of rotatable bonds is 18. The van der Waals surface area contributed by atoms with Crippen LogP contribution in [-0.2, 0) is 43.2 Å². The van der Waals surface area contributed by atoms with Gasteiger partial charge < -0.3 is 26.6 Å². The van der Waals surface area contributed by atoms with E-state index >= 15 is 0 Å². The van der Waals surface area contributed by atoms with Crippen LogP contribution in [0, 0.1) is 11.8 Å². The highest BCUT2D eigenvalue weighted by molar-refractivity contribution is 8.00. The Kier molecular flexibility index (Phi) is 14.8. The van der Waals surface area contributed by atoms with E-state index in [2.05, 4.69) is 26.6 Å². The lowest BCUT2D eigenvalue weighted by atomic mass is 9.94. The van der Waals surface area contributed by atoms with Crippen LogP contribution in [0.4, 0.5) is 0 Å². The van der Waals surface area contributed by atoms with Gasteiger partial charge in [-0.3, -0.25) is 53.0 Å². The maximum Gasteiger partial charge on any atom is 0.242 e. The van der Waals surface area contributed by atoms with Crippen LogP contribution < -0.4 is 26.6 Å². The number of hydrogen-bond acceptors (Lipinski definition) is 10. The maximum atomic E-state index is 12.3. The molecule has 17 heteroatoms. The number of amides is 9. The number of carbonyl (C=O) groups excluding carboxylic acids is 9. The van der Waals surface area contributed by atoms with Gasteiger partial charge in [-0.1, -0.05) is 13.8 Å². The summed E-state index contributed by atoms with van der Waals surface area (Å²) in [6.45, 7) is 2.85. The summed E-state index contributed by atoms with van der Waals surface area (Å²) in [5, 5.41) is 11.7. The number of nitrogens with zero attached hydrogens (tertiary/aromatic N) is 2. The molecule has 16 nitrogen and oxygen atoms in total. The number of likely N-dealkylation sites (tertiary alicyclic amines) is 2. The molecule has 2 atom stereocenters. The van der Waals surface area contributed by atoms with Crippen molar-refractivity contribution in [3.8, 4) is 0 Å². The Hall–Kier alpha value is -4.02. The SMILES string of the molecule is CSC1CC(=O)N(CCNC(=O)CCNC(=O)CNC(=O)CNC(=O)CNC(=O)CCCN2C(=O)CC(C(C)C)C2=O)C1=O. The summed E-state index contributed by atoms with van der Waals surface area (Å²) in [6, 6.07) is 0. The molecule has 0 aromatic carbocycles. The quantitative estimate of drug-likeness (QED) is 0.0974. The number of hydrogen-bond donors (Lipinski definition) is 5. The Morgan fingerprint density at radius 2 is 1.18 bits per heavy atom. The van der Waals surface area contributed by atoms with Gasteiger partial charge in [-0.2, -0.15) is 11.8 Å². The number of nitrogens with one attached hydrogen (secondary N) is 5. The minimum atomic E-state index is -0.646. The molecule has 0 spiro atoms. The predicted octanol–water partition coefficient (Wildman–Crippen LogP) is -2.74. The van der Waals surface area contributed by atoms with Crippen molar-refractivity contribution >= 4 is 64.9 Å². The summed E-state index contributed by atoms with van der Waals surface area (Å²) in [7, 11) is 0. The molecule has 0 radical (unpaired) electrons. The zero-order valence-electron chi connectivity index (χ0n) is 25.2. The van der Waals surface area contributed by atoms with Gasteiger partial charge in [0.05, 0.1) is 24.9 Å². The largest absolute Gasteiger partial charge is 0.354 e. The van der Waals surface area contributed by atoms with Crippen molar-refractivity contribution in [2.75, 3.05) is 52.1 Å². The number of imide groups is 2. The van der Waals surface area contributed by atoms with E-state index in [4.69, 9.17) is 0 Å². The molecule has 2 aliphatic heterocycles. The first-order chi connectivity index (χ1) is 20.8. The monoisotopic (exact) mass is 639 g/mol. The third-order valence-corrected chi connectivity index (χ3v) is 7.96. The van der Waals surface area contributed by atoms with Crippen LogP contribution in [-0.4, -0.2) is 120 Å². The van der Waals surface area contributed by atoms with Gasteiger partial charge in [0.15, 0.2) is 0 Å². The van der Waals surface area contributed by atoms with E-state index in [0.29, 0.717) is 0 Å². The molecule has 2 fully saturated rings. The van der Waals surface area contributed by atoms with E-state index < -0.39 is 30.2 Å². The van der Waals surface area contributed by atoms with Crippen molar-refractivity contribution in [2.24, 2.45) is 11.8 Å². The van der Waals surface area contributed by atoms with Gasteiger partial charge in [0.25, 0.3) is 0 Å². The Bertz CT molecular complexity index is 1150. The molecule has 2 rings (SSSR count). The first-order valence-electron chi connectivity index (χ1n) is 14.4. The molecule has 9 amide bonds. The van der Waals surface area contributed by atoms with Gasteiger partial charge in [-0.15, -0.1) is 0 Å². The first kappa shape index (κ1) is 36.2. The van der Waals surface area contributed by atoms with E-state index in [0.717, 1.165) is 4.90 Å². The molecule has 0 aliphatic carbocycles. The zero-order chi connectivity index (χ0) is 32.8. The van der Waals surface area contributed by atoms with Crippen LogP contribution in [0.3, 0.4) is 0 Å². The molecule has 0 bridgehead atoms. The van der Waals surface area contributed by atoms with Crippen molar-refractivity contribution in [2.45, 2.75) is 51.2 Å². The summed E-state index contributed by atoms with van der Waals surface area (Å²) in [4.78, 5) is 110. The predicted molar refractivity (Wildman–Crippen MR) is 157 cm³/mol. The number of thioether (sulfide) groups is 1. The lowest BCUT2D eigenvalue weighted by Crippen LogP contribution is -2.44. The molecular formula is C27H41N7O9S. The molecular weight excluding hydrogens is 598 g/mol. The van der Waals surface area contributed by atoms with Crippen molar-refractivity contribution in [3.05, 3.63) is 0 Å². The van der Waals surface area contributed by atoms with Crippen LogP contribution in [0.25, 0.3) is 0 Å². The summed E-state index contributed by atoms with van der Waals surface area (Å²) < 4.78 is 0. The van der Waals surface area contributed by atoms with Gasteiger partial charge in [-0.05, 0) is 18.6 Å². The van der Waals surface area contributed by atoms with Crippen molar-refractivity contribution in [3.63, 3.8) is 0 Å². The standard InChI is InChI=1S/C27H41N7O9S/c1-16(2)17-11-24(40)33(26(17)42)9-4-5-19(35)30-14-22(38)32-15-23(39)31-13-21(37)28-7-6-20(36)29-8-10-34-25(41)12-18(44-3)27(34)43/h16-18H,4-15H2,1-3H3,(H,28,37)(H,29,36)(H,30,35)(H,31,39)(H,32,38). The fraction of sp³-hybridized carbons (Fsp3) is 0.667. The highest BCUT2D eigenvalue weighted by Crippen LogP contribution is 2.26. The van der Waals surface area contributed by atoms with E-state index in [1.807, 2.05) is 13.8 Å². The van der Waals surface area contributed by atoms with Crippen molar-refractivity contribution < 1.29 is 43.2 Å². The maximum absolute atomic E-state index is 12.3. The molecule has 2 aliphatic rings. The van der Waals surface area contributed by atoms with E-state index in [1.54, 1.807) is 6.26 Å². The van der Waals surface area contributed by atoms with Crippen LogP contribution in [0.1, 0.15) is 46.0 Å². The van der Waals surface area contributed by atoms with Gasteiger partial charge in [0.1, 0.15) is 0 Å². The van der Waals surface area contributed by atoms with Crippen molar-refractivity contribution in [1.29, 1.82) is 0 Å². The molecule has 5 N–H and O–H groups in total. The second-order valence-corrected chi connectivity index (χ2v) is 11.7. The van der Waals surface area contributed by atoms with Crippen molar-refractivity contribution in [1.82, 2.24) is 36.4 Å². The van der Waals surface area contributed by atoms with Crippen LogP contribution in [0.5, 0.6) is 0 Å². The lowest BCUT2D eigenvalue weighted by molar-refractivity contribution is -0.141. The van der Waals surface area contributed by atoms with Gasteiger partial charge >= 0.3 is 0 Å². The lowest BCUT2D eigenvalue weighted by Gasteiger charge is -2.16. The fourth-order valence-electron chi connectivity index (χ4n) is 4.46. The smallest absolute Gasteiger partial charge is 0.242 e. The molecule has 2 unspecified atom stereocenters. The fourth-order valence-corrected chi connectivity index (χ4v) is 5.10. The second-order valence-electron chi connectivity index (χ2n) is 10.6. The molecule has 0 aromatic heterocycles. The molecule has 0 saturated carbocycles. The summed E-state index contributed by atoms with van der Waals surface area (Å²) in [6.07, 6.45) is 2.29. The summed E-state index contributed by atoms with van der Waals surface area (Å²) >= 11 is 1.31. The zero-order valence-corrected chi connectivity index (χ0v) is 26.0. The normalized spacial score (nSPS) is 18.1. The topological polar surface area (TPSA) is 220 Å². The first-order valence-corrected chi connectivity index (χ1v) is 15.7. The van der Waals surface area contributed by atoms with Gasteiger partial charge in [0.2, 0.25) is 53.2 Å². The Labute approximate surface area is 259 Å².